The van der Waals surface area contributed by atoms with Gasteiger partial charge in [0.2, 0.25) is 0 Å². The maximum absolute atomic E-state index is 15.0. The maximum Gasteiger partial charge on any atom is 0.303 e. The highest BCUT2D eigenvalue weighted by Gasteiger charge is 2.39. The van der Waals surface area contributed by atoms with Crippen molar-refractivity contribution in [1.82, 2.24) is 0 Å². The van der Waals surface area contributed by atoms with Crippen LogP contribution in [0.15, 0.2) is 60.7 Å². The van der Waals surface area contributed by atoms with Crippen molar-refractivity contribution in [1.29, 1.82) is 0 Å². The van der Waals surface area contributed by atoms with E-state index in [-0.39, 0.29) is 24.9 Å². The quantitative estimate of drug-likeness (QED) is 0.253. The highest BCUT2D eigenvalue weighted by molar-refractivity contribution is 5.71. The molecule has 1 aliphatic rings. The number of ether oxygens (including phenoxy) is 2. The largest absolute Gasteiger partial charge is 0.497 e. The maximum atomic E-state index is 15.0. The first-order chi connectivity index (χ1) is 18.9. The highest BCUT2D eigenvalue weighted by Crippen LogP contribution is 2.43. The number of methoxy groups -OCH3 is 1. The summed E-state index contributed by atoms with van der Waals surface area (Å²) in [5.74, 6) is 0.743. The molecule has 0 unspecified atom stereocenters. The predicted octanol–water partition coefficient (Wildman–Crippen LogP) is 8.01. The molecule has 5 nitrogen and oxygen atoms in total. The van der Waals surface area contributed by atoms with Gasteiger partial charge in [0.05, 0.1) is 12.7 Å². The molecule has 0 aromatic heterocycles. The first kappa shape index (κ1) is 31.2. The number of carboxylic acids is 1. The van der Waals surface area contributed by atoms with E-state index in [1.807, 2.05) is 70.2 Å². The Labute approximate surface area is 238 Å². The van der Waals surface area contributed by atoms with Crippen LogP contribution in [0, 0.1) is 23.6 Å². The molecular weight excluding hydrogens is 507 g/mol. The molecule has 0 spiro atoms. The smallest absolute Gasteiger partial charge is 0.303 e. The Balaban J connectivity index is 0.00000101. The van der Waals surface area contributed by atoms with E-state index in [0.717, 1.165) is 17.0 Å². The van der Waals surface area contributed by atoms with Crippen LogP contribution in [0.4, 0.5) is 4.39 Å². The molecule has 0 radical (unpaired) electrons. The molecule has 0 aliphatic heterocycles. The van der Waals surface area contributed by atoms with Crippen molar-refractivity contribution < 1.29 is 28.9 Å². The minimum absolute atomic E-state index is 0.0537. The number of carboxylic acid groups (broad SMARTS) is 1. The minimum Gasteiger partial charge on any atom is -0.497 e. The molecule has 216 valence electrons. The number of hydrogen-bond acceptors (Lipinski definition) is 4. The van der Waals surface area contributed by atoms with Gasteiger partial charge in [-0.15, -0.1) is 0 Å². The molecule has 3 aromatic carbocycles. The fraction of sp³-hybridized carbons (Fsp3) is 0.441. The van der Waals surface area contributed by atoms with E-state index in [9.17, 15) is 14.3 Å². The summed E-state index contributed by atoms with van der Waals surface area (Å²) in [7, 11) is 1.54. The lowest BCUT2D eigenvalue weighted by molar-refractivity contribution is -0.136. The number of rotatable bonds is 11. The van der Waals surface area contributed by atoms with Crippen molar-refractivity contribution in [3.63, 3.8) is 0 Å². The molecule has 0 bridgehead atoms. The zero-order valence-corrected chi connectivity index (χ0v) is 24.5. The lowest BCUT2D eigenvalue weighted by atomic mass is 9.72. The van der Waals surface area contributed by atoms with Crippen LogP contribution in [0.5, 0.6) is 11.5 Å². The Morgan fingerprint density at radius 1 is 0.950 bits per heavy atom. The number of aliphatic carboxylic acids is 1. The van der Waals surface area contributed by atoms with Crippen molar-refractivity contribution in [3.8, 4) is 22.6 Å². The molecule has 1 fully saturated rings. The van der Waals surface area contributed by atoms with Crippen LogP contribution in [-0.2, 0) is 23.4 Å². The van der Waals surface area contributed by atoms with Gasteiger partial charge in [0.25, 0.3) is 0 Å². The van der Waals surface area contributed by atoms with Crippen LogP contribution in [-0.4, -0.2) is 23.3 Å². The third kappa shape index (κ3) is 8.07. The fourth-order valence-electron chi connectivity index (χ4n) is 4.75. The average Bonchev–Trinajstić information content (AvgIpc) is 3.72. The molecular formula is C34H43FO5. The molecule has 0 amide bonds. The van der Waals surface area contributed by atoms with E-state index < -0.39 is 17.4 Å². The van der Waals surface area contributed by atoms with Gasteiger partial charge in [0, 0.05) is 12.0 Å². The normalized spacial score (nSPS) is 13.2. The molecule has 40 heavy (non-hydrogen) atoms. The lowest BCUT2D eigenvalue weighted by Gasteiger charge is -2.38. The monoisotopic (exact) mass is 550 g/mol. The molecule has 1 saturated carbocycles. The van der Waals surface area contributed by atoms with Gasteiger partial charge in [0.15, 0.2) is 0 Å². The second-order valence-electron chi connectivity index (χ2n) is 11.4. The van der Waals surface area contributed by atoms with Crippen molar-refractivity contribution in [3.05, 3.63) is 83.2 Å². The van der Waals surface area contributed by atoms with E-state index >= 15 is 0 Å². The summed E-state index contributed by atoms with van der Waals surface area (Å²) >= 11 is 0. The van der Waals surface area contributed by atoms with Crippen LogP contribution in [0.25, 0.3) is 11.1 Å². The Kier molecular flexibility index (Phi) is 10.7. The summed E-state index contributed by atoms with van der Waals surface area (Å²) in [6, 6.07) is 17.5. The number of hydrogen-bond donors (Lipinski definition) is 2. The van der Waals surface area contributed by atoms with Gasteiger partial charge < -0.3 is 19.7 Å². The fourth-order valence-corrected chi connectivity index (χ4v) is 4.75. The number of halogens is 1. The number of carbonyl (C=O) groups is 1. The summed E-state index contributed by atoms with van der Waals surface area (Å²) in [5, 5.41) is 20.8. The van der Waals surface area contributed by atoms with Crippen LogP contribution >= 0.6 is 0 Å². The zero-order valence-electron chi connectivity index (χ0n) is 24.5. The summed E-state index contributed by atoms with van der Waals surface area (Å²) in [4.78, 5) is 10.9. The van der Waals surface area contributed by atoms with Crippen LogP contribution in [0.3, 0.4) is 0 Å². The summed E-state index contributed by atoms with van der Waals surface area (Å²) in [6.45, 7) is 10.3. The van der Waals surface area contributed by atoms with Gasteiger partial charge in [-0.1, -0.05) is 71.7 Å². The molecule has 4 rings (SSSR count). The van der Waals surface area contributed by atoms with Gasteiger partial charge in [-0.25, -0.2) is 4.39 Å². The van der Waals surface area contributed by atoms with Crippen LogP contribution in [0.1, 0.15) is 70.6 Å². The third-order valence-corrected chi connectivity index (χ3v) is 7.54. The van der Waals surface area contributed by atoms with E-state index in [4.69, 9.17) is 14.6 Å². The first-order valence-electron chi connectivity index (χ1n) is 14.1. The van der Waals surface area contributed by atoms with Crippen LogP contribution in [0.2, 0.25) is 0 Å². The molecule has 3 aromatic rings. The van der Waals surface area contributed by atoms with Gasteiger partial charge in [-0.3, -0.25) is 4.79 Å². The molecule has 0 atom stereocenters. The number of aliphatic hydroxyl groups is 1. The Morgan fingerprint density at radius 3 is 2.20 bits per heavy atom. The van der Waals surface area contributed by atoms with Crippen molar-refractivity contribution in [2.24, 2.45) is 17.8 Å². The minimum atomic E-state index is -1.21. The van der Waals surface area contributed by atoms with Gasteiger partial charge in [-0.05, 0) is 82.8 Å². The molecule has 0 heterocycles. The van der Waals surface area contributed by atoms with E-state index in [0.29, 0.717) is 34.6 Å². The number of benzene rings is 3. The highest BCUT2D eigenvalue weighted by atomic mass is 19.1. The van der Waals surface area contributed by atoms with Gasteiger partial charge in [-0.2, -0.15) is 0 Å². The second kappa shape index (κ2) is 13.8. The SMILES string of the molecule is CC1CC1.COc1ccc(F)c(-c2ccc(COc3cccc(CCC(=O)O)c3)cc2C(O)(C(C)C)C(C)C)c1. The van der Waals surface area contributed by atoms with Crippen molar-refractivity contribution >= 4 is 5.97 Å². The number of aryl methyl sites for hydroxylation is 1. The summed E-state index contributed by atoms with van der Waals surface area (Å²) in [5.41, 5.74) is 2.10. The third-order valence-electron chi connectivity index (χ3n) is 7.54. The molecule has 2 N–H and O–H groups in total. The summed E-state index contributed by atoms with van der Waals surface area (Å²) in [6.07, 6.45) is 3.45. The topological polar surface area (TPSA) is 76.0 Å². The molecule has 1 aliphatic carbocycles. The van der Waals surface area contributed by atoms with E-state index in [2.05, 4.69) is 6.92 Å². The lowest BCUT2D eigenvalue weighted by Crippen LogP contribution is -2.38. The average molecular weight is 551 g/mol. The first-order valence-corrected chi connectivity index (χ1v) is 14.1. The van der Waals surface area contributed by atoms with Crippen molar-refractivity contribution in [2.75, 3.05) is 7.11 Å². The van der Waals surface area contributed by atoms with Gasteiger partial charge in [0.1, 0.15) is 23.9 Å². The second-order valence-corrected chi connectivity index (χ2v) is 11.4. The van der Waals surface area contributed by atoms with E-state index in [1.54, 1.807) is 12.1 Å². The van der Waals surface area contributed by atoms with Crippen molar-refractivity contribution in [2.45, 2.75) is 72.5 Å². The summed E-state index contributed by atoms with van der Waals surface area (Å²) < 4.78 is 26.3. The Morgan fingerprint density at radius 2 is 1.62 bits per heavy atom. The van der Waals surface area contributed by atoms with Gasteiger partial charge >= 0.3 is 5.97 Å². The Hall–Kier alpha value is -3.38. The van der Waals surface area contributed by atoms with Crippen LogP contribution < -0.4 is 9.47 Å². The molecule has 6 heteroatoms. The predicted molar refractivity (Wildman–Crippen MR) is 157 cm³/mol. The van der Waals surface area contributed by atoms with E-state index in [1.165, 1.54) is 26.0 Å². The Bertz CT molecular complexity index is 1270. The standard InChI is InChI=1S/C30H35FO5.C4H8/c1-19(2)30(34,20(3)4)27-16-22(9-12-25(27)26-17-23(35-5)11-13-28(26)31)18-36-24-8-6-7-21(15-24)10-14-29(32)33;1-4-2-3-4/h6-9,11-13,15-17,19-20,34H,10,14,18H2,1-5H3,(H,32,33);4H,2-3H2,1H3. The zero-order chi connectivity index (χ0) is 29.4. The molecule has 0 saturated heterocycles.